The molecule has 25 heteroatoms. The molecule has 0 amide bonds. The molecule has 23 nitrogen and oxygen atoms in total. The number of aromatic nitrogens is 10. The number of hydrogen-bond acceptors (Lipinski definition) is 15. The SMILES string of the molecule is CC#N.CC#N.CC#N.[N-]=[N+]=[N-].[N-]=[N+]=[N-].[OH-].[OH-].[OH-].[OH-].[Pt+4].[Pt+4].c1ccc2/c(c1)=c1/nn[n-]/c1=c1\cccc\c1=c1/nn[n-]/c1=2.c1ccncc1.c1ccncc1.c1ccncc1.c1ccncc1. The van der Waals surface area contributed by atoms with Crippen LogP contribution in [0.1, 0.15) is 20.8 Å². The number of nitrogens with zero attached hydrogens (tertiary/aromatic N) is 19. The van der Waals surface area contributed by atoms with E-state index in [1.807, 2.05) is 121 Å². The van der Waals surface area contributed by atoms with Crippen molar-refractivity contribution in [2.45, 2.75) is 20.8 Å². The van der Waals surface area contributed by atoms with E-state index in [9.17, 15) is 0 Å². The van der Waals surface area contributed by atoms with Gasteiger partial charge in [-0.15, -0.1) is 0 Å². The zero-order valence-electron chi connectivity index (χ0n) is 35.6. The monoisotopic (exact) mass is 1270 g/mol. The molecular formula is C42H41N19O4Pt2. The van der Waals surface area contributed by atoms with Gasteiger partial charge in [0.05, 0.1) is 18.2 Å². The van der Waals surface area contributed by atoms with Crippen LogP contribution >= 0.6 is 0 Å². The van der Waals surface area contributed by atoms with Gasteiger partial charge in [0.15, 0.2) is 0 Å². The van der Waals surface area contributed by atoms with E-state index in [4.69, 9.17) is 37.9 Å². The summed E-state index contributed by atoms with van der Waals surface area (Å²) in [4.78, 5) is 18.1. The van der Waals surface area contributed by atoms with Gasteiger partial charge in [0.2, 0.25) is 0 Å². The van der Waals surface area contributed by atoms with Gasteiger partial charge in [-0.05, 0) is 90.8 Å². The van der Waals surface area contributed by atoms with Crippen LogP contribution in [-0.2, 0) is 42.1 Å². The van der Waals surface area contributed by atoms with Crippen LogP contribution in [-0.4, -0.2) is 62.5 Å². The fourth-order valence-corrected chi connectivity index (χ4v) is 4.18. The van der Waals surface area contributed by atoms with E-state index >= 15 is 0 Å². The first kappa shape index (κ1) is 73.0. The molecule has 0 saturated carbocycles. The largest absolute Gasteiger partial charge is 4.00 e. The second-order valence-corrected chi connectivity index (χ2v) is 10.0. The molecule has 0 radical (unpaired) electrons. The van der Waals surface area contributed by atoms with E-state index in [0.717, 1.165) is 42.3 Å². The maximum atomic E-state index is 7.32. The summed E-state index contributed by atoms with van der Waals surface area (Å²) in [6, 6.07) is 44.0. The van der Waals surface area contributed by atoms with Crippen molar-refractivity contribution in [1.82, 2.24) is 50.8 Å². The molecule has 67 heavy (non-hydrogen) atoms. The predicted molar refractivity (Wildman–Crippen MR) is 233 cm³/mol. The van der Waals surface area contributed by atoms with Gasteiger partial charge in [0, 0.05) is 70.3 Å². The van der Waals surface area contributed by atoms with Gasteiger partial charge in [-0.3, -0.25) is 40.2 Å². The molecule has 0 fully saturated rings. The summed E-state index contributed by atoms with van der Waals surface area (Å²) in [5, 5.41) is 53.4. The van der Waals surface area contributed by atoms with Gasteiger partial charge < -0.3 is 64.4 Å². The maximum absolute atomic E-state index is 7.32. The Hall–Kier alpha value is -8.37. The summed E-state index contributed by atoms with van der Waals surface area (Å²) >= 11 is 0. The Balaban J connectivity index is -0.000000135. The van der Waals surface area contributed by atoms with Crippen LogP contribution in [0.3, 0.4) is 0 Å². The first-order chi connectivity index (χ1) is 30.0. The summed E-state index contributed by atoms with van der Waals surface area (Å²) in [5.74, 6) is 0. The summed E-state index contributed by atoms with van der Waals surface area (Å²) in [7, 11) is 0. The Bertz CT molecular complexity index is 2430. The molecule has 0 unspecified atom stereocenters. The number of fused-ring (bicyclic) bond motifs is 4. The second-order valence-electron chi connectivity index (χ2n) is 10.0. The standard InChI is InChI=1S/C16H8N6.4C5H5N.3C2H3N.2N3.4H2O.2Pt/c1-2-6-10-9(5-1)13-15(19-21-17-13)11-7-3-4-8-12(11)16-14(10)18-22-20-16;4*1-2-4-6-5-3-1;3*1-2-3;2*1-3-2;;;;;;/h1-8H;4*1-5H;3*1H3;;;4*1H2;;/q-2;;;;;;;;2*-1;;;;;2*+4/p-4. The fourth-order valence-electron chi connectivity index (χ4n) is 4.18. The minimum atomic E-state index is 0. The number of benzene rings is 2. The van der Waals surface area contributed by atoms with Gasteiger partial charge in [-0.2, -0.15) is 15.8 Å². The van der Waals surface area contributed by atoms with Crippen LogP contribution in [0.4, 0.5) is 0 Å². The third kappa shape index (κ3) is 32.9. The van der Waals surface area contributed by atoms with Crippen LogP contribution in [0, 0.1) is 76.3 Å². The molecule has 0 spiro atoms. The molecular weight excluding hydrogens is 1220 g/mol. The minimum Gasteiger partial charge on any atom is -0.870 e. The minimum absolute atomic E-state index is 0. The van der Waals surface area contributed by atoms with Crippen molar-refractivity contribution in [3.63, 3.8) is 0 Å². The summed E-state index contributed by atoms with van der Waals surface area (Å²) in [6.07, 6.45) is 14.0. The van der Waals surface area contributed by atoms with Gasteiger partial charge in [0.1, 0.15) is 0 Å². The van der Waals surface area contributed by atoms with Crippen LogP contribution in [0.2, 0.25) is 0 Å². The smallest absolute Gasteiger partial charge is 0.870 e. The molecule has 0 bridgehead atoms. The van der Waals surface area contributed by atoms with E-state index in [-0.39, 0.29) is 64.0 Å². The quantitative estimate of drug-likeness (QED) is 0.0801. The molecule has 1 aliphatic rings. The molecule has 0 saturated heterocycles. The van der Waals surface area contributed by atoms with Crippen molar-refractivity contribution in [2.75, 3.05) is 0 Å². The van der Waals surface area contributed by atoms with Crippen LogP contribution < -0.4 is 10.2 Å². The number of hydrogen-bond donors (Lipinski definition) is 0. The Kier molecular flexibility index (Phi) is 58.6. The molecule has 1 aliphatic carbocycles. The predicted octanol–water partition coefficient (Wildman–Crippen LogP) is 7.58. The summed E-state index contributed by atoms with van der Waals surface area (Å²) in [5.41, 5.74) is 27.0. The summed E-state index contributed by atoms with van der Waals surface area (Å²) < 4.78 is 0. The Morgan fingerprint density at radius 3 is 0.746 bits per heavy atom. The average molecular weight is 1270 g/mol. The van der Waals surface area contributed by atoms with E-state index in [1.54, 1.807) is 67.8 Å². The van der Waals surface area contributed by atoms with Crippen molar-refractivity contribution >= 4 is 0 Å². The normalized spacial score (nSPS) is 9.43. The Morgan fingerprint density at radius 1 is 0.388 bits per heavy atom. The third-order valence-electron chi connectivity index (χ3n) is 6.17. The molecule has 4 N–H and O–H groups in total. The first-order valence-electron chi connectivity index (χ1n) is 17.2. The van der Waals surface area contributed by atoms with Crippen LogP contribution in [0.25, 0.3) is 31.9 Å². The number of nitriles is 3. The molecule has 6 aromatic heterocycles. The number of rotatable bonds is 0. The maximum Gasteiger partial charge on any atom is 4.00 e. The molecule has 2 aromatic carbocycles. The topological polar surface area (TPSA) is 440 Å². The van der Waals surface area contributed by atoms with Gasteiger partial charge in [-0.1, -0.05) is 72.8 Å². The Labute approximate surface area is 412 Å². The van der Waals surface area contributed by atoms with Gasteiger partial charge in [0.25, 0.3) is 0 Å². The zero-order chi connectivity index (χ0) is 45.0. The summed E-state index contributed by atoms with van der Waals surface area (Å²) in [6.45, 7) is 4.29. The molecule has 9 rings (SSSR count). The van der Waals surface area contributed by atoms with E-state index < -0.39 is 0 Å². The second kappa shape index (κ2) is 53.8. The number of pyridine rings is 4. The van der Waals surface area contributed by atoms with Crippen molar-refractivity contribution in [1.29, 1.82) is 15.8 Å². The van der Waals surface area contributed by atoms with Crippen molar-refractivity contribution in [3.05, 3.63) is 245 Å². The fraction of sp³-hybridized carbons (Fsp3) is 0.0714. The van der Waals surface area contributed by atoms with Crippen molar-refractivity contribution in [2.24, 2.45) is 0 Å². The first-order valence-corrected chi connectivity index (χ1v) is 17.2. The molecule has 0 atom stereocenters. The van der Waals surface area contributed by atoms with E-state index in [0.29, 0.717) is 0 Å². The molecule has 0 aliphatic heterocycles. The van der Waals surface area contributed by atoms with E-state index in [1.165, 1.54) is 30.6 Å². The van der Waals surface area contributed by atoms with Crippen molar-refractivity contribution in [3.8, 4) is 18.2 Å². The van der Waals surface area contributed by atoms with Crippen molar-refractivity contribution < 1.29 is 64.0 Å². The molecule has 348 valence electrons. The van der Waals surface area contributed by atoms with Gasteiger partial charge >= 0.3 is 42.1 Å². The third-order valence-corrected chi connectivity index (χ3v) is 6.17. The molecule has 8 aromatic rings. The Morgan fingerprint density at radius 2 is 0.582 bits per heavy atom. The average Bonchev–Trinajstić information content (AvgIpc) is 4.02. The van der Waals surface area contributed by atoms with Crippen LogP contribution in [0.15, 0.2) is 171 Å². The van der Waals surface area contributed by atoms with Gasteiger partial charge in [-0.25, -0.2) is 0 Å². The van der Waals surface area contributed by atoms with E-state index in [2.05, 4.69) is 50.8 Å². The van der Waals surface area contributed by atoms with Crippen LogP contribution in [0.5, 0.6) is 0 Å². The molecule has 6 heterocycles. The zero-order valence-corrected chi connectivity index (χ0v) is 40.1.